The smallest absolute Gasteiger partial charge is 0.0534 e. The van der Waals surface area contributed by atoms with Gasteiger partial charge in [0.2, 0.25) is 0 Å². The Balaban J connectivity index is 1.10. The number of aliphatic imine (C=N–C) groups is 2. The third kappa shape index (κ3) is 4.84. The molecule has 1 spiro atoms. The highest BCUT2D eigenvalue weighted by atomic mass is 14.9. The van der Waals surface area contributed by atoms with Crippen LogP contribution in [0.4, 0.5) is 0 Å². The van der Waals surface area contributed by atoms with Gasteiger partial charge in [0, 0.05) is 30.3 Å². The van der Waals surface area contributed by atoms with E-state index >= 15 is 0 Å². The summed E-state index contributed by atoms with van der Waals surface area (Å²) < 4.78 is 0. The van der Waals surface area contributed by atoms with Gasteiger partial charge in [-0.15, -0.1) is 6.58 Å². The first-order valence-corrected chi connectivity index (χ1v) is 16.3. The molecule has 0 radical (unpaired) electrons. The van der Waals surface area contributed by atoms with Crippen LogP contribution >= 0.6 is 0 Å². The van der Waals surface area contributed by atoms with Gasteiger partial charge in [0.05, 0.1) is 6.04 Å². The summed E-state index contributed by atoms with van der Waals surface area (Å²) in [7, 11) is 0. The number of nitrogens with zero attached hydrogens (tertiary/aromatic N) is 2. The minimum absolute atomic E-state index is 0.394. The molecule has 2 fully saturated rings. The maximum absolute atomic E-state index is 5.87. The van der Waals surface area contributed by atoms with Gasteiger partial charge >= 0.3 is 0 Å². The van der Waals surface area contributed by atoms with Crippen LogP contribution in [-0.2, 0) is 0 Å². The van der Waals surface area contributed by atoms with E-state index in [0.29, 0.717) is 28.7 Å². The Bertz CT molecular complexity index is 976. The van der Waals surface area contributed by atoms with Gasteiger partial charge in [-0.2, -0.15) is 0 Å². The molecule has 2 saturated carbocycles. The standard InChI is InChI=1S/C35H53N3/c1-3-25(15-20-36)32-12-13-33(38-32)28-7-4-6-27(22-28)29-14-19-35(23-29)18-5-17-34(35,2)31-10-8-26(9-11-31)30-16-21-37-24-30/h3-4,6,8,10,24-31,33H,1,5,7,9,11-23,36H2,2H3. The third-order valence-electron chi connectivity index (χ3n) is 12.6. The molecule has 10 unspecified atom stereocenters. The molecule has 6 aliphatic rings. The molecule has 3 heteroatoms. The van der Waals surface area contributed by atoms with Crippen LogP contribution < -0.4 is 5.73 Å². The summed E-state index contributed by atoms with van der Waals surface area (Å²) in [5, 5.41) is 0. The fourth-order valence-corrected chi connectivity index (χ4v) is 10.2. The van der Waals surface area contributed by atoms with Crippen molar-refractivity contribution in [1.29, 1.82) is 0 Å². The van der Waals surface area contributed by atoms with E-state index in [0.717, 1.165) is 55.5 Å². The van der Waals surface area contributed by atoms with E-state index < -0.39 is 0 Å². The summed E-state index contributed by atoms with van der Waals surface area (Å²) in [6.45, 7) is 8.56. The van der Waals surface area contributed by atoms with Gasteiger partial charge in [0.25, 0.3) is 0 Å². The van der Waals surface area contributed by atoms with Crippen LogP contribution in [0, 0.1) is 52.3 Å². The van der Waals surface area contributed by atoms with Crippen molar-refractivity contribution in [3.63, 3.8) is 0 Å². The molecule has 0 aromatic rings. The number of rotatable bonds is 8. The van der Waals surface area contributed by atoms with Gasteiger partial charge in [0.1, 0.15) is 0 Å². The minimum Gasteiger partial charge on any atom is -0.330 e. The molecule has 0 saturated heterocycles. The summed E-state index contributed by atoms with van der Waals surface area (Å²) in [5.41, 5.74) is 8.32. The molecule has 0 amide bonds. The second-order valence-corrected chi connectivity index (χ2v) is 14.3. The van der Waals surface area contributed by atoms with Crippen LogP contribution in [0.5, 0.6) is 0 Å². The maximum Gasteiger partial charge on any atom is 0.0534 e. The highest BCUT2D eigenvalue weighted by molar-refractivity contribution is 5.89. The summed E-state index contributed by atoms with van der Waals surface area (Å²) in [5.74, 6) is 5.01. The van der Waals surface area contributed by atoms with E-state index in [4.69, 9.17) is 10.7 Å². The third-order valence-corrected chi connectivity index (χ3v) is 12.6. The fraction of sp³-hybridized carbons (Fsp3) is 0.771. The molecule has 6 rings (SSSR count). The molecular weight excluding hydrogens is 462 g/mol. The number of nitrogens with two attached hydrogens (primary N) is 1. The van der Waals surface area contributed by atoms with Crippen molar-refractivity contribution in [2.75, 3.05) is 13.1 Å². The van der Waals surface area contributed by atoms with Crippen LogP contribution in [0.1, 0.15) is 96.8 Å². The second-order valence-electron chi connectivity index (χ2n) is 14.3. The van der Waals surface area contributed by atoms with Gasteiger partial charge in [-0.3, -0.25) is 9.98 Å². The SMILES string of the molecule is C=CC(CCN)C1=NC(C2CC=CC(C3CCC4(CCCC4(C)C4C=CC(C5C=NCC5)CC4)C3)C2)CC1. The van der Waals surface area contributed by atoms with Crippen LogP contribution in [-0.4, -0.2) is 31.1 Å². The quantitative estimate of drug-likeness (QED) is 0.327. The first-order valence-electron chi connectivity index (χ1n) is 16.3. The molecule has 10 atom stereocenters. The van der Waals surface area contributed by atoms with Crippen molar-refractivity contribution in [1.82, 2.24) is 0 Å². The molecule has 38 heavy (non-hydrogen) atoms. The maximum atomic E-state index is 5.87. The van der Waals surface area contributed by atoms with Gasteiger partial charge < -0.3 is 5.73 Å². The fourth-order valence-electron chi connectivity index (χ4n) is 10.2. The molecule has 0 aromatic heterocycles. The average Bonchev–Trinajstić information content (AvgIpc) is 3.77. The minimum atomic E-state index is 0.394. The van der Waals surface area contributed by atoms with Crippen molar-refractivity contribution < 1.29 is 0 Å². The highest BCUT2D eigenvalue weighted by Gasteiger charge is 2.58. The lowest BCUT2D eigenvalue weighted by Crippen LogP contribution is -2.40. The second kappa shape index (κ2) is 11.2. The van der Waals surface area contributed by atoms with Gasteiger partial charge in [-0.25, -0.2) is 0 Å². The predicted octanol–water partition coefficient (Wildman–Crippen LogP) is 7.97. The van der Waals surface area contributed by atoms with Crippen molar-refractivity contribution in [3.05, 3.63) is 37.0 Å². The normalized spacial score (nSPS) is 45.2. The predicted molar refractivity (Wildman–Crippen MR) is 162 cm³/mol. The zero-order valence-corrected chi connectivity index (χ0v) is 24.1. The van der Waals surface area contributed by atoms with Crippen molar-refractivity contribution in [2.45, 2.75) is 103 Å². The van der Waals surface area contributed by atoms with Crippen molar-refractivity contribution in [3.8, 4) is 0 Å². The number of allylic oxidation sites excluding steroid dienone is 5. The van der Waals surface area contributed by atoms with Crippen molar-refractivity contribution in [2.24, 2.45) is 68.0 Å². The van der Waals surface area contributed by atoms with Crippen LogP contribution in [0.3, 0.4) is 0 Å². The molecule has 2 heterocycles. The topological polar surface area (TPSA) is 50.7 Å². The Morgan fingerprint density at radius 2 is 1.95 bits per heavy atom. The van der Waals surface area contributed by atoms with Gasteiger partial charge in [0.15, 0.2) is 0 Å². The first-order chi connectivity index (χ1) is 18.5. The molecule has 208 valence electrons. The molecule has 2 aliphatic heterocycles. The summed E-state index contributed by atoms with van der Waals surface area (Å²) in [6, 6.07) is 0.523. The first kappa shape index (κ1) is 26.7. The zero-order valence-electron chi connectivity index (χ0n) is 24.1. The van der Waals surface area contributed by atoms with E-state index in [-0.39, 0.29) is 0 Å². The molecule has 2 N–H and O–H groups in total. The largest absolute Gasteiger partial charge is 0.330 e. The summed E-state index contributed by atoms with van der Waals surface area (Å²) in [4.78, 5) is 9.83. The molecule has 0 bridgehead atoms. The number of hydrogen-bond donors (Lipinski definition) is 1. The molecule has 0 aromatic carbocycles. The zero-order chi connectivity index (χ0) is 26.2. The number of hydrogen-bond acceptors (Lipinski definition) is 3. The lowest BCUT2D eigenvalue weighted by atomic mass is 9.56. The Labute approximate surface area is 232 Å². The van der Waals surface area contributed by atoms with E-state index in [9.17, 15) is 0 Å². The van der Waals surface area contributed by atoms with E-state index in [1.165, 1.54) is 82.8 Å². The Hall–Kier alpha value is -1.48. The van der Waals surface area contributed by atoms with Crippen LogP contribution in [0.25, 0.3) is 0 Å². The Morgan fingerprint density at radius 3 is 2.71 bits per heavy atom. The Kier molecular flexibility index (Phi) is 7.87. The van der Waals surface area contributed by atoms with Crippen LogP contribution in [0.15, 0.2) is 46.9 Å². The van der Waals surface area contributed by atoms with Crippen molar-refractivity contribution >= 4 is 11.9 Å². The summed E-state index contributed by atoms with van der Waals surface area (Å²) >= 11 is 0. The molecule has 3 nitrogen and oxygen atoms in total. The van der Waals surface area contributed by atoms with Crippen LogP contribution in [0.2, 0.25) is 0 Å². The van der Waals surface area contributed by atoms with E-state index in [1.807, 2.05) is 0 Å². The Morgan fingerprint density at radius 1 is 1.03 bits per heavy atom. The van der Waals surface area contributed by atoms with Gasteiger partial charge in [-0.05, 0) is 130 Å². The van der Waals surface area contributed by atoms with E-state index in [1.54, 1.807) is 0 Å². The monoisotopic (exact) mass is 515 g/mol. The highest BCUT2D eigenvalue weighted by Crippen LogP contribution is 2.67. The molecule has 4 aliphatic carbocycles. The summed E-state index contributed by atoms with van der Waals surface area (Å²) in [6.07, 6.45) is 33.6. The molecular formula is C35H53N3. The van der Waals surface area contributed by atoms with Gasteiger partial charge in [-0.1, -0.05) is 43.7 Å². The van der Waals surface area contributed by atoms with E-state index in [2.05, 4.69) is 55.1 Å². The average molecular weight is 516 g/mol. The lowest BCUT2D eigenvalue weighted by Gasteiger charge is -2.48. The lowest BCUT2D eigenvalue weighted by molar-refractivity contribution is 0.0337.